The summed E-state index contributed by atoms with van der Waals surface area (Å²) in [5.41, 5.74) is 3.45. The molecule has 0 fully saturated rings. The van der Waals surface area contributed by atoms with Gasteiger partial charge in [-0.15, -0.1) is 0 Å². The summed E-state index contributed by atoms with van der Waals surface area (Å²) in [5.74, 6) is 1.25. The molecule has 0 amide bonds. The van der Waals surface area contributed by atoms with E-state index in [4.69, 9.17) is 4.42 Å². The minimum atomic E-state index is -3.39. The maximum Gasteiger partial charge on any atom is 0.226 e. The third-order valence-corrected chi connectivity index (χ3v) is 5.54. The summed E-state index contributed by atoms with van der Waals surface area (Å²) in [5, 5.41) is 0. The number of rotatable bonds is 7. The summed E-state index contributed by atoms with van der Waals surface area (Å²) >= 11 is 0. The Bertz CT molecular complexity index is 979. The zero-order valence-corrected chi connectivity index (χ0v) is 15.7. The van der Waals surface area contributed by atoms with Crippen LogP contribution in [0.3, 0.4) is 0 Å². The lowest BCUT2D eigenvalue weighted by atomic mass is 10.1. The van der Waals surface area contributed by atoms with Gasteiger partial charge >= 0.3 is 0 Å². The Hall–Kier alpha value is -2.44. The first-order valence-electron chi connectivity index (χ1n) is 8.48. The van der Waals surface area contributed by atoms with Crippen molar-refractivity contribution in [3.05, 3.63) is 77.2 Å². The number of sulfonamides is 1. The van der Waals surface area contributed by atoms with Crippen LogP contribution >= 0.6 is 0 Å². The van der Waals surface area contributed by atoms with Crippen LogP contribution in [0.5, 0.6) is 0 Å². The first kappa shape index (κ1) is 18.4. The lowest BCUT2D eigenvalue weighted by Gasteiger charge is -2.08. The molecule has 0 unspecified atom stereocenters. The zero-order chi connectivity index (χ0) is 18.6. The van der Waals surface area contributed by atoms with Gasteiger partial charge in [0, 0.05) is 18.5 Å². The van der Waals surface area contributed by atoms with Crippen LogP contribution in [0.4, 0.5) is 0 Å². The van der Waals surface area contributed by atoms with E-state index in [1.165, 1.54) is 0 Å². The highest BCUT2D eigenvalue weighted by Gasteiger charge is 2.15. The average molecular weight is 370 g/mol. The molecule has 2 aromatic carbocycles. The van der Waals surface area contributed by atoms with E-state index in [0.717, 1.165) is 22.4 Å². The molecule has 0 saturated carbocycles. The van der Waals surface area contributed by atoms with Crippen molar-refractivity contribution in [1.82, 2.24) is 9.71 Å². The lowest BCUT2D eigenvalue weighted by Crippen LogP contribution is -2.27. The molecular formula is C20H22N2O3S. The normalized spacial score (nSPS) is 11.6. The van der Waals surface area contributed by atoms with Crippen molar-refractivity contribution in [1.29, 1.82) is 0 Å². The second kappa shape index (κ2) is 7.85. The lowest BCUT2D eigenvalue weighted by molar-refractivity contribution is 0.538. The van der Waals surface area contributed by atoms with Crippen LogP contribution < -0.4 is 4.72 Å². The molecule has 6 heteroatoms. The molecule has 0 bridgehead atoms. The maximum absolute atomic E-state index is 12.3. The number of nitrogens with zero attached hydrogens (tertiary/aromatic N) is 1. The van der Waals surface area contributed by atoms with Crippen LogP contribution in [-0.4, -0.2) is 19.9 Å². The number of aromatic nitrogens is 1. The van der Waals surface area contributed by atoms with E-state index < -0.39 is 10.0 Å². The topological polar surface area (TPSA) is 72.2 Å². The van der Waals surface area contributed by atoms with Crippen molar-refractivity contribution in [3.8, 4) is 11.5 Å². The largest absolute Gasteiger partial charge is 0.441 e. The Morgan fingerprint density at radius 1 is 1.00 bits per heavy atom. The molecule has 0 aliphatic carbocycles. The highest BCUT2D eigenvalue weighted by molar-refractivity contribution is 7.88. The van der Waals surface area contributed by atoms with Crippen LogP contribution in [0, 0.1) is 13.8 Å². The van der Waals surface area contributed by atoms with Crippen molar-refractivity contribution >= 4 is 10.0 Å². The first-order valence-corrected chi connectivity index (χ1v) is 10.1. The number of hydrogen-bond donors (Lipinski definition) is 1. The van der Waals surface area contributed by atoms with Crippen molar-refractivity contribution in [2.24, 2.45) is 0 Å². The van der Waals surface area contributed by atoms with E-state index >= 15 is 0 Å². The van der Waals surface area contributed by atoms with Gasteiger partial charge in [0.05, 0.1) is 11.4 Å². The molecule has 1 N–H and O–H groups in total. The van der Waals surface area contributed by atoms with Crippen molar-refractivity contribution in [3.63, 3.8) is 0 Å². The fourth-order valence-corrected chi connectivity index (χ4v) is 3.97. The first-order chi connectivity index (χ1) is 12.4. The molecule has 1 aromatic heterocycles. The Balaban J connectivity index is 1.61. The van der Waals surface area contributed by atoms with Gasteiger partial charge < -0.3 is 4.42 Å². The van der Waals surface area contributed by atoms with Crippen LogP contribution in [0.2, 0.25) is 0 Å². The predicted molar refractivity (Wildman–Crippen MR) is 102 cm³/mol. The van der Waals surface area contributed by atoms with Gasteiger partial charge in [-0.25, -0.2) is 18.1 Å². The van der Waals surface area contributed by atoms with Crippen LogP contribution in [-0.2, 0) is 22.2 Å². The Morgan fingerprint density at radius 3 is 2.42 bits per heavy atom. The van der Waals surface area contributed by atoms with Crippen LogP contribution in [0.25, 0.3) is 11.5 Å². The Morgan fingerprint density at radius 2 is 1.69 bits per heavy atom. The monoisotopic (exact) mass is 370 g/mol. The molecule has 136 valence electrons. The molecule has 1 heterocycles. The number of nitrogens with one attached hydrogen (secondary N) is 1. The summed E-state index contributed by atoms with van der Waals surface area (Å²) in [6.45, 7) is 4.04. The van der Waals surface area contributed by atoms with Crippen LogP contribution in [0.15, 0.2) is 59.0 Å². The minimum Gasteiger partial charge on any atom is -0.441 e. The quantitative estimate of drug-likeness (QED) is 0.689. The second-order valence-electron chi connectivity index (χ2n) is 6.22. The number of hydrogen-bond acceptors (Lipinski definition) is 4. The van der Waals surface area contributed by atoms with Gasteiger partial charge in [0.2, 0.25) is 15.9 Å². The third kappa shape index (κ3) is 4.59. The number of benzene rings is 2. The van der Waals surface area contributed by atoms with Gasteiger partial charge in [0.15, 0.2) is 0 Å². The molecule has 0 spiro atoms. The molecule has 0 aliphatic heterocycles. The number of oxazole rings is 1. The fourth-order valence-electron chi connectivity index (χ4n) is 2.72. The highest BCUT2D eigenvalue weighted by Crippen LogP contribution is 2.21. The molecule has 3 rings (SSSR count). The minimum absolute atomic E-state index is 0.0211. The fraction of sp³-hybridized carbons (Fsp3) is 0.250. The molecule has 0 radical (unpaired) electrons. The average Bonchev–Trinajstić information content (AvgIpc) is 2.98. The van der Waals surface area contributed by atoms with Crippen molar-refractivity contribution in [2.45, 2.75) is 26.0 Å². The Kier molecular flexibility index (Phi) is 5.54. The molecule has 0 saturated heterocycles. The smallest absolute Gasteiger partial charge is 0.226 e. The predicted octanol–water partition coefficient (Wildman–Crippen LogP) is 3.62. The van der Waals surface area contributed by atoms with Crippen molar-refractivity contribution < 1.29 is 12.8 Å². The Labute approximate surface area is 154 Å². The van der Waals surface area contributed by atoms with Gasteiger partial charge in [0.25, 0.3) is 0 Å². The molecule has 5 nitrogen and oxygen atoms in total. The van der Waals surface area contributed by atoms with Gasteiger partial charge in [0.1, 0.15) is 5.76 Å². The summed E-state index contributed by atoms with van der Waals surface area (Å²) in [7, 11) is -3.39. The zero-order valence-electron chi connectivity index (χ0n) is 14.9. The van der Waals surface area contributed by atoms with Gasteiger partial charge in [-0.3, -0.25) is 0 Å². The summed E-state index contributed by atoms with van der Waals surface area (Å²) in [6.07, 6.45) is 0.481. The van der Waals surface area contributed by atoms with E-state index in [1.54, 1.807) is 0 Å². The number of aryl methyl sites for hydroxylation is 2. The van der Waals surface area contributed by atoms with Crippen molar-refractivity contribution in [2.75, 3.05) is 6.54 Å². The van der Waals surface area contributed by atoms with Gasteiger partial charge in [-0.05, 0) is 37.1 Å². The molecule has 26 heavy (non-hydrogen) atoms. The molecular weight excluding hydrogens is 348 g/mol. The summed E-state index contributed by atoms with van der Waals surface area (Å²) in [6, 6.07) is 17.1. The van der Waals surface area contributed by atoms with Gasteiger partial charge in [-0.1, -0.05) is 42.5 Å². The van der Waals surface area contributed by atoms with E-state index in [1.807, 2.05) is 68.4 Å². The summed E-state index contributed by atoms with van der Waals surface area (Å²) in [4.78, 5) is 4.50. The maximum atomic E-state index is 12.3. The SMILES string of the molecule is Cc1ccccc1CS(=O)(=O)NCCc1nc(-c2ccccc2)oc1C. The highest BCUT2D eigenvalue weighted by atomic mass is 32.2. The van der Waals surface area contributed by atoms with E-state index in [0.29, 0.717) is 18.1 Å². The molecule has 3 aromatic rings. The van der Waals surface area contributed by atoms with E-state index in [9.17, 15) is 8.42 Å². The molecule has 0 atom stereocenters. The third-order valence-electron chi connectivity index (χ3n) is 4.20. The summed E-state index contributed by atoms with van der Waals surface area (Å²) < 4.78 is 33.0. The second-order valence-corrected chi connectivity index (χ2v) is 8.02. The van der Waals surface area contributed by atoms with Crippen LogP contribution in [0.1, 0.15) is 22.6 Å². The van der Waals surface area contributed by atoms with E-state index in [-0.39, 0.29) is 12.3 Å². The molecule has 0 aliphatic rings. The standard InChI is InChI=1S/C20H22N2O3S/c1-15-8-6-7-11-18(15)14-26(23,24)21-13-12-19-16(2)25-20(22-19)17-9-4-3-5-10-17/h3-11,21H,12-14H2,1-2H3. The van der Waals surface area contributed by atoms with E-state index in [2.05, 4.69) is 9.71 Å². The van der Waals surface area contributed by atoms with Gasteiger partial charge in [-0.2, -0.15) is 0 Å².